The molecule has 1 heterocycles. The Hall–Kier alpha value is -2.75. The van der Waals surface area contributed by atoms with Crippen molar-refractivity contribution in [1.82, 2.24) is 0 Å². The zero-order chi connectivity index (χ0) is 13.2. The Morgan fingerprint density at radius 2 is 1.79 bits per heavy atom. The first-order valence-electron chi connectivity index (χ1n) is 5.81. The van der Waals surface area contributed by atoms with E-state index in [0.29, 0.717) is 11.4 Å². The quantitative estimate of drug-likeness (QED) is 0.735. The lowest BCUT2D eigenvalue weighted by molar-refractivity contribution is 0.102. The van der Waals surface area contributed by atoms with Crippen molar-refractivity contribution in [2.24, 2.45) is 0 Å². The summed E-state index contributed by atoms with van der Waals surface area (Å²) in [6, 6.07) is 15.3. The minimum atomic E-state index is -0.279. The Bertz CT molecular complexity index is 695. The Balaban J connectivity index is 1.84. The summed E-state index contributed by atoms with van der Waals surface area (Å²) in [5.74, 6) is 0.249. The zero-order valence-corrected chi connectivity index (χ0v) is 9.96. The normalized spacial score (nSPS) is 10.5. The van der Waals surface area contributed by atoms with E-state index in [0.717, 1.165) is 11.0 Å². The first kappa shape index (κ1) is 11.3. The van der Waals surface area contributed by atoms with E-state index in [1.165, 1.54) is 12.1 Å². The molecule has 2 aromatic carbocycles. The monoisotopic (exact) mass is 253 g/mol. The van der Waals surface area contributed by atoms with Crippen LogP contribution in [0.4, 0.5) is 5.88 Å². The number of hydrogen-bond donors (Lipinski definition) is 2. The number of phenols is 1. The maximum atomic E-state index is 11.9. The molecule has 1 amide bonds. The highest BCUT2D eigenvalue weighted by molar-refractivity contribution is 6.04. The predicted octanol–water partition coefficient (Wildman–Crippen LogP) is 3.39. The van der Waals surface area contributed by atoms with Gasteiger partial charge in [0.2, 0.25) is 5.88 Å². The molecule has 0 aliphatic rings. The number of fused-ring (bicyclic) bond motifs is 1. The van der Waals surface area contributed by atoms with Gasteiger partial charge in [-0.1, -0.05) is 18.2 Å². The van der Waals surface area contributed by atoms with E-state index >= 15 is 0 Å². The average molecular weight is 253 g/mol. The van der Waals surface area contributed by atoms with Crippen LogP contribution in [0.15, 0.2) is 59.0 Å². The molecule has 0 bridgehead atoms. The van der Waals surface area contributed by atoms with Crippen LogP contribution in [0.1, 0.15) is 10.4 Å². The molecule has 4 nitrogen and oxygen atoms in total. The Labute approximate surface area is 109 Å². The van der Waals surface area contributed by atoms with Crippen LogP contribution in [0.25, 0.3) is 11.0 Å². The SMILES string of the molecule is O=C(Nc1cc2ccccc2o1)c1ccc(O)cc1. The number of para-hydroxylation sites is 1. The number of hydrogen-bond acceptors (Lipinski definition) is 3. The van der Waals surface area contributed by atoms with Crippen molar-refractivity contribution in [3.63, 3.8) is 0 Å². The molecule has 3 aromatic rings. The number of anilines is 1. The van der Waals surface area contributed by atoms with Crippen LogP contribution >= 0.6 is 0 Å². The molecule has 0 unspecified atom stereocenters. The molecule has 0 saturated heterocycles. The Kier molecular flexibility index (Phi) is 2.68. The molecule has 19 heavy (non-hydrogen) atoms. The lowest BCUT2D eigenvalue weighted by Crippen LogP contribution is -2.10. The summed E-state index contributed by atoms with van der Waals surface area (Å²) < 4.78 is 5.50. The summed E-state index contributed by atoms with van der Waals surface area (Å²) in [7, 11) is 0. The van der Waals surface area contributed by atoms with Crippen molar-refractivity contribution in [2.75, 3.05) is 5.32 Å². The molecule has 0 radical (unpaired) electrons. The highest BCUT2D eigenvalue weighted by atomic mass is 16.4. The third kappa shape index (κ3) is 2.28. The fourth-order valence-electron chi connectivity index (χ4n) is 1.84. The number of aromatic hydroxyl groups is 1. The second-order valence-corrected chi connectivity index (χ2v) is 4.15. The van der Waals surface area contributed by atoms with E-state index in [9.17, 15) is 9.90 Å². The molecule has 0 atom stereocenters. The number of furan rings is 1. The van der Waals surface area contributed by atoms with Gasteiger partial charge in [0.05, 0.1) is 0 Å². The Morgan fingerprint density at radius 3 is 2.53 bits per heavy atom. The van der Waals surface area contributed by atoms with E-state index in [-0.39, 0.29) is 11.7 Å². The van der Waals surface area contributed by atoms with Crippen molar-refractivity contribution in [3.8, 4) is 5.75 Å². The molecular formula is C15H11NO3. The standard InChI is InChI=1S/C15H11NO3/c17-12-7-5-10(6-8-12)15(18)16-14-9-11-3-1-2-4-13(11)19-14/h1-9,17H,(H,16,18). The van der Waals surface area contributed by atoms with Crippen molar-refractivity contribution < 1.29 is 14.3 Å². The average Bonchev–Trinajstić information content (AvgIpc) is 2.81. The molecule has 2 N–H and O–H groups in total. The number of phenolic OH excluding ortho intramolecular Hbond substituents is 1. The number of nitrogens with one attached hydrogen (secondary N) is 1. The largest absolute Gasteiger partial charge is 0.508 e. The van der Waals surface area contributed by atoms with Crippen molar-refractivity contribution in [1.29, 1.82) is 0 Å². The van der Waals surface area contributed by atoms with Crippen molar-refractivity contribution in [2.45, 2.75) is 0 Å². The summed E-state index contributed by atoms with van der Waals surface area (Å²) in [5.41, 5.74) is 1.18. The third-order valence-corrected chi connectivity index (χ3v) is 2.79. The number of amides is 1. The Morgan fingerprint density at radius 1 is 1.05 bits per heavy atom. The topological polar surface area (TPSA) is 62.5 Å². The van der Waals surface area contributed by atoms with Gasteiger partial charge in [-0.25, -0.2) is 0 Å². The number of rotatable bonds is 2. The molecule has 94 valence electrons. The van der Waals surface area contributed by atoms with E-state index in [1.807, 2.05) is 24.3 Å². The van der Waals surface area contributed by atoms with Crippen LogP contribution in [0, 0.1) is 0 Å². The molecule has 4 heteroatoms. The van der Waals surface area contributed by atoms with Crippen LogP contribution in [0.5, 0.6) is 5.75 Å². The van der Waals surface area contributed by atoms with Gasteiger partial charge in [-0.05, 0) is 30.3 Å². The van der Waals surface area contributed by atoms with E-state index < -0.39 is 0 Å². The minimum absolute atomic E-state index is 0.125. The highest BCUT2D eigenvalue weighted by Crippen LogP contribution is 2.23. The third-order valence-electron chi connectivity index (χ3n) is 2.79. The van der Waals surface area contributed by atoms with Crippen molar-refractivity contribution in [3.05, 3.63) is 60.2 Å². The first-order valence-corrected chi connectivity index (χ1v) is 5.81. The highest BCUT2D eigenvalue weighted by Gasteiger charge is 2.09. The summed E-state index contributed by atoms with van der Waals surface area (Å²) in [6.45, 7) is 0. The smallest absolute Gasteiger partial charge is 0.257 e. The molecule has 0 spiro atoms. The van der Waals surface area contributed by atoms with Crippen LogP contribution in [-0.4, -0.2) is 11.0 Å². The molecule has 0 fully saturated rings. The second kappa shape index (κ2) is 4.49. The maximum Gasteiger partial charge on any atom is 0.257 e. The first-order chi connectivity index (χ1) is 9.22. The second-order valence-electron chi connectivity index (χ2n) is 4.15. The molecule has 3 rings (SSSR count). The van der Waals surface area contributed by atoms with Crippen LogP contribution in [0.2, 0.25) is 0 Å². The van der Waals surface area contributed by atoms with Gasteiger partial charge in [0, 0.05) is 17.0 Å². The molecule has 1 aromatic heterocycles. The molecule has 0 saturated carbocycles. The number of carbonyl (C=O) groups is 1. The van der Waals surface area contributed by atoms with E-state index in [1.54, 1.807) is 18.2 Å². The number of benzene rings is 2. The van der Waals surface area contributed by atoms with Gasteiger partial charge < -0.3 is 9.52 Å². The van der Waals surface area contributed by atoms with Gasteiger partial charge in [-0.3, -0.25) is 10.1 Å². The molecule has 0 aliphatic heterocycles. The molecule has 0 aliphatic carbocycles. The van der Waals surface area contributed by atoms with Crippen LogP contribution in [-0.2, 0) is 0 Å². The zero-order valence-electron chi connectivity index (χ0n) is 9.96. The summed E-state index contributed by atoms with van der Waals surface area (Å²) in [4.78, 5) is 11.9. The van der Waals surface area contributed by atoms with Gasteiger partial charge in [0.1, 0.15) is 11.3 Å². The lowest BCUT2D eigenvalue weighted by Gasteiger charge is -2.01. The van der Waals surface area contributed by atoms with Gasteiger partial charge in [0.15, 0.2) is 0 Å². The van der Waals surface area contributed by atoms with Gasteiger partial charge in [0.25, 0.3) is 5.91 Å². The summed E-state index contributed by atoms with van der Waals surface area (Å²) >= 11 is 0. The van der Waals surface area contributed by atoms with Crippen molar-refractivity contribution >= 4 is 22.8 Å². The van der Waals surface area contributed by atoms with E-state index in [2.05, 4.69) is 5.32 Å². The lowest BCUT2D eigenvalue weighted by atomic mass is 10.2. The van der Waals surface area contributed by atoms with E-state index in [4.69, 9.17) is 4.42 Å². The maximum absolute atomic E-state index is 11.9. The van der Waals surface area contributed by atoms with Gasteiger partial charge in [-0.2, -0.15) is 0 Å². The summed E-state index contributed by atoms with van der Waals surface area (Å²) in [5, 5.41) is 12.8. The predicted molar refractivity (Wildman–Crippen MR) is 72.3 cm³/mol. The van der Waals surface area contributed by atoms with Gasteiger partial charge in [-0.15, -0.1) is 0 Å². The minimum Gasteiger partial charge on any atom is -0.508 e. The molecular weight excluding hydrogens is 242 g/mol. The summed E-state index contributed by atoms with van der Waals surface area (Å²) in [6.07, 6.45) is 0. The van der Waals surface area contributed by atoms with Crippen LogP contribution in [0.3, 0.4) is 0 Å². The number of carbonyl (C=O) groups excluding carboxylic acids is 1. The van der Waals surface area contributed by atoms with Gasteiger partial charge >= 0.3 is 0 Å². The fourth-order valence-corrected chi connectivity index (χ4v) is 1.84. The van der Waals surface area contributed by atoms with Crippen LogP contribution < -0.4 is 5.32 Å². The fraction of sp³-hybridized carbons (Fsp3) is 0.